The van der Waals surface area contributed by atoms with Gasteiger partial charge in [0, 0.05) is 25.3 Å². The first-order chi connectivity index (χ1) is 9.13. The summed E-state index contributed by atoms with van der Waals surface area (Å²) < 4.78 is 5.48. The summed E-state index contributed by atoms with van der Waals surface area (Å²) in [6.07, 6.45) is 0. The van der Waals surface area contributed by atoms with E-state index in [2.05, 4.69) is 24.3 Å². The number of amidine groups is 1. The third-order valence-corrected chi connectivity index (χ3v) is 2.56. The quantitative estimate of drug-likeness (QED) is 0.219. The Labute approximate surface area is 114 Å². The Morgan fingerprint density at radius 1 is 1.37 bits per heavy atom. The summed E-state index contributed by atoms with van der Waals surface area (Å²) >= 11 is 0. The molecule has 0 aliphatic rings. The number of ether oxygens (including phenoxy) is 1. The largest absolute Gasteiger partial charge is 0.409 e. The van der Waals surface area contributed by atoms with Crippen molar-refractivity contribution in [3.63, 3.8) is 0 Å². The molecule has 106 valence electrons. The second-order valence-electron chi connectivity index (χ2n) is 4.83. The molecule has 0 aliphatic heterocycles. The average Bonchev–Trinajstić information content (AvgIpc) is 2.42. The molecule has 1 aromatic carbocycles. The number of hydrogen-bond acceptors (Lipinski definition) is 4. The van der Waals surface area contributed by atoms with Crippen molar-refractivity contribution in [3.05, 3.63) is 35.4 Å². The van der Waals surface area contributed by atoms with E-state index in [1.807, 2.05) is 24.3 Å². The van der Waals surface area contributed by atoms with Gasteiger partial charge in [0.05, 0.1) is 6.61 Å². The van der Waals surface area contributed by atoms with Gasteiger partial charge in [0.25, 0.3) is 0 Å². The standard InChI is InChI=1S/C14H23N3O2/c1-11(2)10-19-8-7-16-9-12-3-5-13(6-4-12)14(15)17-18/h3-6,11,16,18H,7-10H2,1-2H3,(H2,15,17). The van der Waals surface area contributed by atoms with E-state index in [0.717, 1.165) is 31.9 Å². The van der Waals surface area contributed by atoms with Crippen LogP contribution in [0, 0.1) is 5.92 Å². The average molecular weight is 265 g/mol. The number of nitrogens with two attached hydrogens (primary N) is 1. The summed E-state index contributed by atoms with van der Waals surface area (Å²) in [7, 11) is 0. The van der Waals surface area contributed by atoms with Gasteiger partial charge in [0.2, 0.25) is 0 Å². The zero-order valence-corrected chi connectivity index (χ0v) is 11.6. The van der Waals surface area contributed by atoms with Crippen LogP contribution in [-0.4, -0.2) is 30.8 Å². The van der Waals surface area contributed by atoms with Crippen molar-refractivity contribution in [3.8, 4) is 0 Å². The summed E-state index contributed by atoms with van der Waals surface area (Å²) in [5.74, 6) is 0.702. The summed E-state index contributed by atoms with van der Waals surface area (Å²) in [5.41, 5.74) is 7.36. The van der Waals surface area contributed by atoms with E-state index in [0.29, 0.717) is 11.5 Å². The van der Waals surface area contributed by atoms with Gasteiger partial charge in [-0.05, 0) is 11.5 Å². The fourth-order valence-electron chi connectivity index (χ4n) is 1.55. The smallest absolute Gasteiger partial charge is 0.170 e. The minimum atomic E-state index is 0.126. The van der Waals surface area contributed by atoms with Crippen LogP contribution in [0.1, 0.15) is 25.0 Å². The number of oxime groups is 1. The molecular formula is C14H23N3O2. The van der Waals surface area contributed by atoms with Crippen molar-refractivity contribution < 1.29 is 9.94 Å². The first kappa shape index (κ1) is 15.5. The summed E-state index contributed by atoms with van der Waals surface area (Å²) in [6.45, 7) is 7.40. The predicted octanol–water partition coefficient (Wildman–Crippen LogP) is 1.54. The number of nitrogens with zero attached hydrogens (tertiary/aromatic N) is 1. The third-order valence-electron chi connectivity index (χ3n) is 2.56. The SMILES string of the molecule is CC(C)COCCNCc1ccc(/C(N)=N/O)cc1. The maximum atomic E-state index is 8.56. The molecule has 0 fully saturated rings. The van der Waals surface area contributed by atoms with Gasteiger partial charge in [0.1, 0.15) is 0 Å². The lowest BCUT2D eigenvalue weighted by Gasteiger charge is -2.08. The topological polar surface area (TPSA) is 79.9 Å². The van der Waals surface area contributed by atoms with Crippen molar-refractivity contribution in [2.45, 2.75) is 20.4 Å². The highest BCUT2D eigenvalue weighted by Crippen LogP contribution is 2.03. The molecule has 5 nitrogen and oxygen atoms in total. The zero-order valence-electron chi connectivity index (χ0n) is 11.6. The van der Waals surface area contributed by atoms with Gasteiger partial charge >= 0.3 is 0 Å². The molecular weight excluding hydrogens is 242 g/mol. The minimum absolute atomic E-state index is 0.126. The van der Waals surface area contributed by atoms with E-state index in [4.69, 9.17) is 15.7 Å². The van der Waals surface area contributed by atoms with Crippen LogP contribution in [0.5, 0.6) is 0 Å². The molecule has 4 N–H and O–H groups in total. The molecule has 0 aliphatic carbocycles. The molecule has 19 heavy (non-hydrogen) atoms. The van der Waals surface area contributed by atoms with E-state index in [9.17, 15) is 0 Å². The molecule has 0 saturated heterocycles. The van der Waals surface area contributed by atoms with Gasteiger partial charge < -0.3 is 21.0 Å². The molecule has 0 bridgehead atoms. The Balaban J connectivity index is 2.23. The van der Waals surface area contributed by atoms with E-state index in [1.165, 1.54) is 0 Å². The van der Waals surface area contributed by atoms with Gasteiger partial charge in [-0.1, -0.05) is 43.3 Å². The van der Waals surface area contributed by atoms with Crippen molar-refractivity contribution in [2.24, 2.45) is 16.8 Å². The van der Waals surface area contributed by atoms with Crippen LogP contribution >= 0.6 is 0 Å². The minimum Gasteiger partial charge on any atom is -0.409 e. The zero-order chi connectivity index (χ0) is 14.1. The van der Waals surface area contributed by atoms with Crippen LogP contribution in [0.25, 0.3) is 0 Å². The highest BCUT2D eigenvalue weighted by Gasteiger charge is 1.99. The number of hydrogen-bond donors (Lipinski definition) is 3. The molecule has 0 spiro atoms. The van der Waals surface area contributed by atoms with Crippen LogP contribution in [0.15, 0.2) is 29.4 Å². The lowest BCUT2D eigenvalue weighted by molar-refractivity contribution is 0.111. The Kier molecular flexibility index (Phi) is 6.92. The van der Waals surface area contributed by atoms with E-state index in [-0.39, 0.29) is 5.84 Å². The van der Waals surface area contributed by atoms with Crippen molar-refractivity contribution >= 4 is 5.84 Å². The van der Waals surface area contributed by atoms with Crippen molar-refractivity contribution in [2.75, 3.05) is 19.8 Å². The van der Waals surface area contributed by atoms with E-state index in [1.54, 1.807) is 0 Å². The Hall–Kier alpha value is -1.59. The fraction of sp³-hybridized carbons (Fsp3) is 0.500. The van der Waals surface area contributed by atoms with Gasteiger partial charge in [0.15, 0.2) is 5.84 Å². The molecule has 1 rings (SSSR count). The van der Waals surface area contributed by atoms with E-state index >= 15 is 0 Å². The molecule has 0 amide bonds. The summed E-state index contributed by atoms with van der Waals surface area (Å²) in [5, 5.41) is 14.8. The molecule has 0 heterocycles. The third kappa shape index (κ3) is 6.22. The van der Waals surface area contributed by atoms with Gasteiger partial charge in [-0.25, -0.2) is 0 Å². The Bertz CT molecular complexity index is 388. The molecule has 1 aromatic rings. The van der Waals surface area contributed by atoms with E-state index < -0.39 is 0 Å². The molecule has 0 saturated carbocycles. The number of benzene rings is 1. The number of nitrogens with one attached hydrogen (secondary N) is 1. The second kappa shape index (κ2) is 8.50. The molecule has 0 radical (unpaired) electrons. The second-order valence-corrected chi connectivity index (χ2v) is 4.83. The molecule has 0 atom stereocenters. The number of rotatable bonds is 8. The van der Waals surface area contributed by atoms with Crippen molar-refractivity contribution in [1.29, 1.82) is 0 Å². The summed E-state index contributed by atoms with van der Waals surface area (Å²) in [6, 6.07) is 7.58. The van der Waals surface area contributed by atoms with Crippen LogP contribution in [0.2, 0.25) is 0 Å². The van der Waals surface area contributed by atoms with Crippen LogP contribution < -0.4 is 11.1 Å². The van der Waals surface area contributed by atoms with Crippen LogP contribution in [-0.2, 0) is 11.3 Å². The lowest BCUT2D eigenvalue weighted by Crippen LogP contribution is -2.20. The van der Waals surface area contributed by atoms with Gasteiger partial charge in [-0.15, -0.1) is 0 Å². The maximum Gasteiger partial charge on any atom is 0.170 e. The maximum absolute atomic E-state index is 8.56. The Morgan fingerprint density at radius 3 is 2.63 bits per heavy atom. The Morgan fingerprint density at radius 2 is 2.05 bits per heavy atom. The van der Waals surface area contributed by atoms with Crippen LogP contribution in [0.3, 0.4) is 0 Å². The molecule has 0 aromatic heterocycles. The van der Waals surface area contributed by atoms with Crippen molar-refractivity contribution in [1.82, 2.24) is 5.32 Å². The molecule has 0 unspecified atom stereocenters. The fourth-order valence-corrected chi connectivity index (χ4v) is 1.55. The highest BCUT2D eigenvalue weighted by molar-refractivity contribution is 5.96. The first-order valence-corrected chi connectivity index (χ1v) is 6.48. The summed E-state index contributed by atoms with van der Waals surface area (Å²) in [4.78, 5) is 0. The lowest BCUT2D eigenvalue weighted by atomic mass is 10.1. The highest BCUT2D eigenvalue weighted by atomic mass is 16.5. The van der Waals surface area contributed by atoms with Crippen LogP contribution in [0.4, 0.5) is 0 Å². The van der Waals surface area contributed by atoms with Gasteiger partial charge in [-0.2, -0.15) is 0 Å². The van der Waals surface area contributed by atoms with Gasteiger partial charge in [-0.3, -0.25) is 0 Å². The monoisotopic (exact) mass is 265 g/mol. The normalized spacial score (nSPS) is 12.1. The molecule has 5 heteroatoms. The first-order valence-electron chi connectivity index (χ1n) is 6.48. The predicted molar refractivity (Wildman–Crippen MR) is 76.3 cm³/mol.